The van der Waals surface area contributed by atoms with Crippen LogP contribution in [0.25, 0.3) is 0 Å². The molecular weight excluding hydrogens is 204 g/mol. The molecule has 0 aromatic carbocycles. The first kappa shape index (κ1) is 15.1. The maximum Gasteiger partial charge on any atom is -0.0394 e. The molecule has 17 heavy (non-hydrogen) atoms. The largest absolute Gasteiger partial charge is 0.0651 e. The molecule has 0 nitrogen and oxygen atoms in total. The van der Waals surface area contributed by atoms with Gasteiger partial charge in [0.1, 0.15) is 0 Å². The zero-order chi connectivity index (χ0) is 13.0. The molecule has 1 rings (SSSR count). The minimum atomic E-state index is 0.848. The average Bonchev–Trinajstić information content (AvgIpc) is 2.24. The standard InChI is InChI=1S/C17H34/c1-7-13(4)8-16-10-17(11-16)9-14(5)15(6)12(2)3/h12-17H,7-11H2,1-6H3. The van der Waals surface area contributed by atoms with Gasteiger partial charge in [-0.15, -0.1) is 0 Å². The molecule has 1 saturated carbocycles. The Kier molecular flexibility index (Phi) is 6.03. The van der Waals surface area contributed by atoms with Crippen LogP contribution < -0.4 is 0 Å². The normalized spacial score (nSPS) is 29.8. The van der Waals surface area contributed by atoms with Crippen molar-refractivity contribution in [3.63, 3.8) is 0 Å². The summed E-state index contributed by atoms with van der Waals surface area (Å²) in [6.45, 7) is 14.4. The monoisotopic (exact) mass is 238 g/mol. The lowest BCUT2D eigenvalue weighted by atomic mass is 9.66. The van der Waals surface area contributed by atoms with E-state index in [1.807, 2.05) is 0 Å². The van der Waals surface area contributed by atoms with Gasteiger partial charge in [0, 0.05) is 0 Å². The van der Waals surface area contributed by atoms with Crippen LogP contribution in [0.4, 0.5) is 0 Å². The summed E-state index contributed by atoms with van der Waals surface area (Å²) >= 11 is 0. The second kappa shape index (κ2) is 6.81. The highest BCUT2D eigenvalue weighted by atomic mass is 14.4. The third kappa shape index (κ3) is 4.64. The van der Waals surface area contributed by atoms with E-state index in [4.69, 9.17) is 0 Å². The van der Waals surface area contributed by atoms with Crippen molar-refractivity contribution >= 4 is 0 Å². The SMILES string of the molecule is CCC(C)CC1CC(CC(C)C(C)C(C)C)C1. The predicted molar refractivity (Wildman–Crippen MR) is 78.1 cm³/mol. The maximum atomic E-state index is 2.46. The van der Waals surface area contributed by atoms with Gasteiger partial charge in [0.15, 0.2) is 0 Å². The molecule has 0 heterocycles. The molecule has 0 bridgehead atoms. The molecule has 1 aliphatic carbocycles. The first-order chi connectivity index (χ1) is 7.93. The fourth-order valence-corrected chi connectivity index (χ4v) is 3.39. The zero-order valence-electron chi connectivity index (χ0n) is 13.0. The minimum Gasteiger partial charge on any atom is -0.0651 e. The van der Waals surface area contributed by atoms with E-state index in [2.05, 4.69) is 41.5 Å². The second-order valence-corrected chi connectivity index (χ2v) is 7.27. The number of hydrogen-bond acceptors (Lipinski definition) is 0. The Hall–Kier alpha value is 0. The van der Waals surface area contributed by atoms with E-state index in [1.54, 1.807) is 0 Å². The molecule has 102 valence electrons. The minimum absolute atomic E-state index is 0.848. The lowest BCUT2D eigenvalue weighted by molar-refractivity contribution is 0.117. The van der Waals surface area contributed by atoms with Crippen molar-refractivity contribution in [3.05, 3.63) is 0 Å². The second-order valence-electron chi connectivity index (χ2n) is 7.27. The summed E-state index contributed by atoms with van der Waals surface area (Å²) in [6.07, 6.45) is 7.39. The highest BCUT2D eigenvalue weighted by molar-refractivity contribution is 4.82. The fraction of sp³-hybridized carbons (Fsp3) is 1.00. The van der Waals surface area contributed by atoms with E-state index in [1.165, 1.54) is 32.1 Å². The Balaban J connectivity index is 2.16. The molecule has 3 unspecified atom stereocenters. The Morgan fingerprint density at radius 2 is 1.41 bits per heavy atom. The van der Waals surface area contributed by atoms with E-state index in [-0.39, 0.29) is 0 Å². The molecule has 0 aromatic rings. The van der Waals surface area contributed by atoms with E-state index in [0.29, 0.717) is 0 Å². The zero-order valence-corrected chi connectivity index (χ0v) is 13.0. The van der Waals surface area contributed by atoms with Crippen LogP contribution in [0.1, 0.15) is 73.6 Å². The van der Waals surface area contributed by atoms with Gasteiger partial charge >= 0.3 is 0 Å². The van der Waals surface area contributed by atoms with Gasteiger partial charge in [-0.25, -0.2) is 0 Å². The highest BCUT2D eigenvalue weighted by Gasteiger charge is 2.31. The lowest BCUT2D eigenvalue weighted by Gasteiger charge is -2.39. The van der Waals surface area contributed by atoms with Crippen molar-refractivity contribution in [2.75, 3.05) is 0 Å². The molecule has 0 saturated heterocycles. The lowest BCUT2D eigenvalue weighted by Crippen LogP contribution is -2.28. The molecule has 0 heteroatoms. The van der Waals surface area contributed by atoms with Crippen molar-refractivity contribution in [2.24, 2.45) is 35.5 Å². The highest BCUT2D eigenvalue weighted by Crippen LogP contribution is 2.43. The van der Waals surface area contributed by atoms with Crippen LogP contribution in [0.5, 0.6) is 0 Å². The molecule has 0 amide bonds. The summed E-state index contributed by atoms with van der Waals surface area (Å²) in [5, 5.41) is 0. The smallest absolute Gasteiger partial charge is 0.0394 e. The Bertz CT molecular complexity index is 200. The van der Waals surface area contributed by atoms with Gasteiger partial charge in [0.25, 0.3) is 0 Å². The Morgan fingerprint density at radius 3 is 1.88 bits per heavy atom. The van der Waals surface area contributed by atoms with Crippen LogP contribution >= 0.6 is 0 Å². The summed E-state index contributed by atoms with van der Waals surface area (Å²) in [6, 6.07) is 0. The maximum absolute atomic E-state index is 2.46. The van der Waals surface area contributed by atoms with Gasteiger partial charge in [-0.05, 0) is 61.2 Å². The molecule has 3 atom stereocenters. The van der Waals surface area contributed by atoms with Crippen LogP contribution in [-0.4, -0.2) is 0 Å². The van der Waals surface area contributed by atoms with E-state index in [9.17, 15) is 0 Å². The van der Waals surface area contributed by atoms with E-state index < -0.39 is 0 Å². The fourth-order valence-electron chi connectivity index (χ4n) is 3.39. The number of rotatable bonds is 7. The molecule has 1 fully saturated rings. The topological polar surface area (TPSA) is 0 Å². The van der Waals surface area contributed by atoms with Gasteiger partial charge in [-0.3, -0.25) is 0 Å². The van der Waals surface area contributed by atoms with E-state index in [0.717, 1.165) is 35.5 Å². The van der Waals surface area contributed by atoms with Gasteiger partial charge in [0.2, 0.25) is 0 Å². The van der Waals surface area contributed by atoms with Crippen molar-refractivity contribution in [1.82, 2.24) is 0 Å². The Morgan fingerprint density at radius 1 is 0.882 bits per heavy atom. The Labute approximate surface area is 110 Å². The van der Waals surface area contributed by atoms with Crippen LogP contribution in [0, 0.1) is 35.5 Å². The molecule has 0 spiro atoms. The molecule has 0 radical (unpaired) electrons. The van der Waals surface area contributed by atoms with Gasteiger partial charge in [-0.1, -0.05) is 48.0 Å². The summed E-state index contributed by atoms with van der Waals surface area (Å²) < 4.78 is 0. The van der Waals surface area contributed by atoms with E-state index >= 15 is 0 Å². The van der Waals surface area contributed by atoms with Crippen molar-refractivity contribution in [2.45, 2.75) is 73.6 Å². The summed E-state index contributed by atoms with van der Waals surface area (Å²) in [5.74, 6) is 5.74. The summed E-state index contributed by atoms with van der Waals surface area (Å²) in [5.41, 5.74) is 0. The summed E-state index contributed by atoms with van der Waals surface area (Å²) in [4.78, 5) is 0. The van der Waals surface area contributed by atoms with Crippen LogP contribution in [0.3, 0.4) is 0 Å². The van der Waals surface area contributed by atoms with Crippen LogP contribution in [0.2, 0.25) is 0 Å². The predicted octanol–water partition coefficient (Wildman–Crippen LogP) is 5.77. The van der Waals surface area contributed by atoms with Crippen LogP contribution in [0.15, 0.2) is 0 Å². The molecule has 0 aliphatic heterocycles. The molecular formula is C17H34. The van der Waals surface area contributed by atoms with Crippen molar-refractivity contribution in [3.8, 4) is 0 Å². The van der Waals surface area contributed by atoms with Crippen molar-refractivity contribution in [1.29, 1.82) is 0 Å². The molecule has 0 aromatic heterocycles. The molecule has 0 N–H and O–H groups in total. The third-order valence-electron chi connectivity index (χ3n) is 5.42. The van der Waals surface area contributed by atoms with Crippen molar-refractivity contribution < 1.29 is 0 Å². The first-order valence-corrected chi connectivity index (χ1v) is 7.93. The quantitative estimate of drug-likeness (QED) is 0.528. The van der Waals surface area contributed by atoms with Gasteiger partial charge in [-0.2, -0.15) is 0 Å². The number of hydrogen-bond donors (Lipinski definition) is 0. The summed E-state index contributed by atoms with van der Waals surface area (Å²) in [7, 11) is 0. The molecule has 1 aliphatic rings. The third-order valence-corrected chi connectivity index (χ3v) is 5.42. The van der Waals surface area contributed by atoms with Crippen LogP contribution in [-0.2, 0) is 0 Å². The average molecular weight is 238 g/mol. The van der Waals surface area contributed by atoms with Gasteiger partial charge < -0.3 is 0 Å². The van der Waals surface area contributed by atoms with Gasteiger partial charge in [0.05, 0.1) is 0 Å². The first-order valence-electron chi connectivity index (χ1n) is 7.93.